The summed E-state index contributed by atoms with van der Waals surface area (Å²) in [5.41, 5.74) is 0.950. The minimum Gasteiger partial charge on any atom is -0.206 e. The van der Waals surface area contributed by atoms with Crippen molar-refractivity contribution in [2.45, 2.75) is 24.1 Å². The first-order chi connectivity index (χ1) is 9.45. The molecule has 0 spiro atoms. The van der Waals surface area contributed by atoms with Crippen molar-refractivity contribution in [3.63, 3.8) is 0 Å². The SMILES string of the molecule is CCc1ccc(S(=O)(=O)N(C)Cc2ccccc2Br)s1. The van der Waals surface area contributed by atoms with Gasteiger partial charge >= 0.3 is 0 Å². The van der Waals surface area contributed by atoms with Crippen LogP contribution in [0.25, 0.3) is 0 Å². The predicted octanol–water partition coefficient (Wildman–Crippen LogP) is 3.89. The average molecular weight is 374 g/mol. The molecule has 0 bridgehead atoms. The molecule has 2 aromatic rings. The van der Waals surface area contributed by atoms with Gasteiger partial charge in [-0.1, -0.05) is 41.1 Å². The van der Waals surface area contributed by atoms with Gasteiger partial charge in [0.25, 0.3) is 10.0 Å². The highest BCUT2D eigenvalue weighted by Crippen LogP contribution is 2.26. The topological polar surface area (TPSA) is 37.4 Å². The van der Waals surface area contributed by atoms with Crippen LogP contribution in [0.1, 0.15) is 17.4 Å². The van der Waals surface area contributed by atoms with Crippen molar-refractivity contribution in [3.8, 4) is 0 Å². The predicted molar refractivity (Wildman–Crippen MR) is 86.5 cm³/mol. The summed E-state index contributed by atoms with van der Waals surface area (Å²) in [7, 11) is -1.80. The molecule has 1 aromatic heterocycles. The standard InChI is InChI=1S/C14H16BrNO2S2/c1-3-12-8-9-14(19-12)20(17,18)16(2)10-11-6-4-5-7-13(11)15/h4-9H,3,10H2,1-2H3. The van der Waals surface area contributed by atoms with Crippen molar-refractivity contribution in [2.24, 2.45) is 0 Å². The van der Waals surface area contributed by atoms with Crippen LogP contribution in [0.2, 0.25) is 0 Å². The van der Waals surface area contributed by atoms with Crippen LogP contribution < -0.4 is 0 Å². The van der Waals surface area contributed by atoms with E-state index in [4.69, 9.17) is 0 Å². The summed E-state index contributed by atoms with van der Waals surface area (Å²) < 4.78 is 27.7. The second kappa shape index (κ2) is 6.39. The minimum absolute atomic E-state index is 0.350. The zero-order valence-corrected chi connectivity index (χ0v) is 14.6. The molecule has 0 radical (unpaired) electrons. The van der Waals surface area contributed by atoms with Crippen molar-refractivity contribution >= 4 is 37.3 Å². The quantitative estimate of drug-likeness (QED) is 0.796. The Morgan fingerprint density at radius 2 is 1.90 bits per heavy atom. The highest BCUT2D eigenvalue weighted by molar-refractivity contribution is 9.10. The van der Waals surface area contributed by atoms with Crippen LogP contribution in [0, 0.1) is 0 Å². The number of benzene rings is 1. The Balaban J connectivity index is 2.23. The number of hydrogen-bond acceptors (Lipinski definition) is 3. The Kier molecular flexibility index (Phi) is 5.01. The van der Waals surface area contributed by atoms with Gasteiger partial charge in [0.2, 0.25) is 0 Å². The molecule has 0 N–H and O–H groups in total. The maximum absolute atomic E-state index is 12.5. The second-order valence-corrected chi connectivity index (χ2v) is 8.72. The molecule has 0 fully saturated rings. The second-order valence-electron chi connectivity index (χ2n) is 4.43. The molecule has 2 rings (SSSR count). The average Bonchev–Trinajstić information content (AvgIpc) is 2.90. The van der Waals surface area contributed by atoms with Crippen molar-refractivity contribution in [1.82, 2.24) is 4.31 Å². The molecule has 0 saturated carbocycles. The van der Waals surface area contributed by atoms with E-state index in [1.165, 1.54) is 15.6 Å². The zero-order chi connectivity index (χ0) is 14.8. The van der Waals surface area contributed by atoms with Crippen molar-refractivity contribution in [2.75, 3.05) is 7.05 Å². The molecule has 20 heavy (non-hydrogen) atoms. The highest BCUT2D eigenvalue weighted by atomic mass is 79.9. The molecule has 0 amide bonds. The Labute approximate surface area is 132 Å². The summed E-state index contributed by atoms with van der Waals surface area (Å²) in [6, 6.07) is 11.2. The first kappa shape index (κ1) is 15.7. The van der Waals surface area contributed by atoms with Gasteiger partial charge in [-0.25, -0.2) is 8.42 Å². The molecule has 0 aliphatic heterocycles. The molecule has 6 heteroatoms. The van der Waals surface area contributed by atoms with E-state index in [2.05, 4.69) is 15.9 Å². The summed E-state index contributed by atoms with van der Waals surface area (Å²) in [5.74, 6) is 0. The highest BCUT2D eigenvalue weighted by Gasteiger charge is 2.23. The van der Waals surface area contributed by atoms with Crippen molar-refractivity contribution < 1.29 is 8.42 Å². The van der Waals surface area contributed by atoms with Crippen molar-refractivity contribution in [1.29, 1.82) is 0 Å². The summed E-state index contributed by atoms with van der Waals surface area (Å²) in [5, 5.41) is 0. The van der Waals surface area contributed by atoms with E-state index in [0.717, 1.165) is 21.3 Å². The fourth-order valence-corrected chi connectivity index (χ4v) is 4.86. The lowest BCUT2D eigenvalue weighted by Gasteiger charge is -2.16. The molecular weight excluding hydrogens is 358 g/mol. The number of aryl methyl sites for hydroxylation is 1. The third-order valence-corrected chi connectivity index (χ3v) is 7.27. The van der Waals surface area contributed by atoms with Gasteiger partial charge in [-0.05, 0) is 30.2 Å². The van der Waals surface area contributed by atoms with E-state index in [-0.39, 0.29) is 0 Å². The van der Waals surface area contributed by atoms with Crippen LogP contribution in [0.5, 0.6) is 0 Å². The normalized spacial score (nSPS) is 12.0. The third-order valence-electron chi connectivity index (χ3n) is 3.00. The molecule has 3 nitrogen and oxygen atoms in total. The molecule has 0 aliphatic carbocycles. The summed E-state index contributed by atoms with van der Waals surface area (Å²) >= 11 is 4.79. The molecule has 0 atom stereocenters. The van der Waals surface area contributed by atoms with E-state index in [9.17, 15) is 8.42 Å². The molecule has 0 aliphatic rings. The fourth-order valence-electron chi connectivity index (χ4n) is 1.79. The largest absolute Gasteiger partial charge is 0.252 e. The van der Waals surface area contributed by atoms with Crippen LogP contribution in [-0.4, -0.2) is 19.8 Å². The molecule has 108 valence electrons. The van der Waals surface area contributed by atoms with Gasteiger partial charge < -0.3 is 0 Å². The van der Waals surface area contributed by atoms with E-state index in [1.807, 2.05) is 37.3 Å². The smallest absolute Gasteiger partial charge is 0.206 e. The third kappa shape index (κ3) is 3.31. The maximum Gasteiger partial charge on any atom is 0.252 e. The van der Waals surface area contributed by atoms with Crippen LogP contribution >= 0.6 is 27.3 Å². The summed E-state index contributed by atoms with van der Waals surface area (Å²) in [6.07, 6.45) is 0.855. The zero-order valence-electron chi connectivity index (χ0n) is 11.3. The molecule has 0 unspecified atom stereocenters. The lowest BCUT2D eigenvalue weighted by atomic mass is 10.2. The van der Waals surface area contributed by atoms with Gasteiger partial charge in [0, 0.05) is 22.9 Å². The maximum atomic E-state index is 12.5. The van der Waals surface area contributed by atoms with Crippen molar-refractivity contribution in [3.05, 3.63) is 51.3 Å². The first-order valence-electron chi connectivity index (χ1n) is 6.23. The molecular formula is C14H16BrNO2S2. The van der Waals surface area contributed by atoms with E-state index in [1.54, 1.807) is 13.1 Å². The number of hydrogen-bond donors (Lipinski definition) is 0. The number of nitrogens with zero attached hydrogens (tertiary/aromatic N) is 1. The van der Waals surface area contributed by atoms with Gasteiger partial charge in [-0.2, -0.15) is 4.31 Å². The first-order valence-corrected chi connectivity index (χ1v) is 9.28. The molecule has 1 aromatic carbocycles. The minimum atomic E-state index is -3.41. The number of thiophene rings is 1. The van der Waals surface area contributed by atoms with Gasteiger partial charge in [0.15, 0.2) is 0 Å². The number of rotatable bonds is 5. The monoisotopic (exact) mass is 373 g/mol. The van der Waals surface area contributed by atoms with Crippen LogP contribution in [-0.2, 0) is 23.0 Å². The Morgan fingerprint density at radius 1 is 1.20 bits per heavy atom. The molecule has 1 heterocycles. The van der Waals surface area contributed by atoms with Crippen LogP contribution in [0.3, 0.4) is 0 Å². The lowest BCUT2D eigenvalue weighted by Crippen LogP contribution is -2.25. The van der Waals surface area contributed by atoms with Gasteiger partial charge in [0.05, 0.1) is 0 Å². The van der Waals surface area contributed by atoms with Crippen LogP contribution in [0.15, 0.2) is 45.1 Å². The summed E-state index contributed by atoms with van der Waals surface area (Å²) in [4.78, 5) is 1.08. The van der Waals surface area contributed by atoms with Gasteiger partial charge in [-0.3, -0.25) is 0 Å². The Morgan fingerprint density at radius 3 is 2.50 bits per heavy atom. The van der Waals surface area contributed by atoms with E-state index >= 15 is 0 Å². The lowest BCUT2D eigenvalue weighted by molar-refractivity contribution is 0.468. The summed E-state index contributed by atoms with van der Waals surface area (Å²) in [6.45, 7) is 2.37. The Bertz CT molecular complexity index is 695. The van der Waals surface area contributed by atoms with E-state index < -0.39 is 10.0 Å². The Hall–Kier alpha value is -0.690. The van der Waals surface area contributed by atoms with Crippen LogP contribution in [0.4, 0.5) is 0 Å². The number of sulfonamides is 1. The van der Waals surface area contributed by atoms with Gasteiger partial charge in [-0.15, -0.1) is 11.3 Å². The molecule has 0 saturated heterocycles. The fraction of sp³-hybridized carbons (Fsp3) is 0.286. The number of halogens is 1. The van der Waals surface area contributed by atoms with E-state index in [0.29, 0.717) is 10.8 Å². The van der Waals surface area contributed by atoms with Gasteiger partial charge in [0.1, 0.15) is 4.21 Å².